The number of rotatable bonds is 5. The van der Waals surface area contributed by atoms with Crippen LogP contribution in [0.3, 0.4) is 0 Å². The Kier molecular flexibility index (Phi) is 5.19. The van der Waals surface area contributed by atoms with E-state index in [1.54, 1.807) is 54.3 Å². The minimum Gasteiger partial charge on any atom is -0.466 e. The van der Waals surface area contributed by atoms with Gasteiger partial charge in [-0.05, 0) is 50.1 Å². The highest BCUT2D eigenvalue weighted by Crippen LogP contribution is 2.25. The molecule has 1 aromatic heterocycles. The lowest BCUT2D eigenvalue weighted by Gasteiger charge is -2.30. The number of sulfonamides is 1. The molecule has 0 aliphatic carbocycles. The number of hydrogen-bond donors (Lipinski definition) is 0. The summed E-state index contributed by atoms with van der Waals surface area (Å²) in [7, 11) is -3.63. The maximum atomic E-state index is 12.9. The van der Waals surface area contributed by atoms with E-state index in [1.807, 2.05) is 0 Å². The predicted molar refractivity (Wildman–Crippen MR) is 91.7 cm³/mol. The van der Waals surface area contributed by atoms with E-state index in [4.69, 9.17) is 4.74 Å². The van der Waals surface area contributed by atoms with Crippen molar-refractivity contribution in [1.82, 2.24) is 14.1 Å². The van der Waals surface area contributed by atoms with Crippen LogP contribution in [0.2, 0.25) is 0 Å². The third kappa shape index (κ3) is 3.74. The molecule has 0 unspecified atom stereocenters. The van der Waals surface area contributed by atoms with Crippen molar-refractivity contribution in [2.24, 2.45) is 5.92 Å². The Balaban J connectivity index is 1.77. The molecule has 8 heteroatoms. The molecule has 1 aromatic carbocycles. The lowest BCUT2D eigenvalue weighted by molar-refractivity contribution is -0.149. The van der Waals surface area contributed by atoms with Crippen LogP contribution in [0.5, 0.6) is 0 Å². The zero-order chi connectivity index (χ0) is 17.9. The molecule has 0 bridgehead atoms. The maximum absolute atomic E-state index is 12.9. The van der Waals surface area contributed by atoms with Crippen molar-refractivity contribution in [3.63, 3.8) is 0 Å². The molecule has 1 aliphatic heterocycles. The molecule has 2 aromatic rings. The largest absolute Gasteiger partial charge is 0.466 e. The molecule has 0 saturated carbocycles. The van der Waals surface area contributed by atoms with Crippen molar-refractivity contribution < 1.29 is 17.9 Å². The molecular formula is C17H21N3O4S. The second-order valence-corrected chi connectivity index (χ2v) is 7.84. The molecule has 0 N–H and O–H groups in total. The van der Waals surface area contributed by atoms with Crippen molar-refractivity contribution in [3.05, 3.63) is 42.7 Å². The summed E-state index contributed by atoms with van der Waals surface area (Å²) in [6, 6.07) is 8.37. The van der Waals surface area contributed by atoms with Crippen molar-refractivity contribution >= 4 is 16.0 Å². The second-order valence-electron chi connectivity index (χ2n) is 5.90. The van der Waals surface area contributed by atoms with Gasteiger partial charge in [0.15, 0.2) is 0 Å². The summed E-state index contributed by atoms with van der Waals surface area (Å²) < 4.78 is 33.8. The van der Waals surface area contributed by atoms with Crippen LogP contribution in [0.25, 0.3) is 5.69 Å². The monoisotopic (exact) mass is 363 g/mol. The van der Waals surface area contributed by atoms with Crippen LogP contribution >= 0.6 is 0 Å². The Morgan fingerprint density at radius 2 is 2.08 bits per heavy atom. The second kappa shape index (κ2) is 7.37. The fourth-order valence-corrected chi connectivity index (χ4v) is 4.48. The van der Waals surface area contributed by atoms with E-state index in [0.717, 1.165) is 5.69 Å². The van der Waals surface area contributed by atoms with Gasteiger partial charge in [0.2, 0.25) is 10.0 Å². The van der Waals surface area contributed by atoms with E-state index in [1.165, 1.54) is 4.31 Å². The number of piperidine rings is 1. The Bertz CT molecular complexity index is 816. The van der Waals surface area contributed by atoms with E-state index in [9.17, 15) is 13.2 Å². The summed E-state index contributed by atoms with van der Waals surface area (Å²) in [5.74, 6) is -0.719. The number of nitrogens with zero attached hydrogens (tertiary/aromatic N) is 3. The zero-order valence-electron chi connectivity index (χ0n) is 14.0. The number of ether oxygens (including phenoxy) is 1. The predicted octanol–water partition coefficient (Wildman–Crippen LogP) is 1.84. The van der Waals surface area contributed by atoms with Crippen molar-refractivity contribution in [1.29, 1.82) is 0 Å². The first kappa shape index (κ1) is 17.6. The first-order valence-corrected chi connectivity index (χ1v) is 9.73. The summed E-state index contributed by atoms with van der Waals surface area (Å²) in [5.41, 5.74) is 0.784. The van der Waals surface area contributed by atoms with E-state index in [0.29, 0.717) is 26.0 Å². The van der Waals surface area contributed by atoms with Crippen molar-refractivity contribution in [2.45, 2.75) is 24.7 Å². The number of carbonyl (C=O) groups excluding carboxylic acids is 1. The summed E-state index contributed by atoms with van der Waals surface area (Å²) in [6.45, 7) is 2.63. The Morgan fingerprint density at radius 1 is 1.32 bits per heavy atom. The number of benzene rings is 1. The van der Waals surface area contributed by atoms with Crippen LogP contribution < -0.4 is 0 Å². The van der Waals surface area contributed by atoms with Gasteiger partial charge in [0.1, 0.15) is 0 Å². The lowest BCUT2D eigenvalue weighted by atomic mass is 10.0. The van der Waals surface area contributed by atoms with Crippen LogP contribution in [0, 0.1) is 5.92 Å². The summed E-state index contributed by atoms with van der Waals surface area (Å²) in [5, 5.41) is 4.12. The molecule has 1 aliphatic rings. The average Bonchev–Trinajstić information content (AvgIpc) is 3.17. The van der Waals surface area contributed by atoms with Gasteiger partial charge >= 0.3 is 5.97 Å². The topological polar surface area (TPSA) is 81.5 Å². The minimum absolute atomic E-state index is 0.169. The van der Waals surface area contributed by atoms with Gasteiger partial charge in [-0.1, -0.05) is 0 Å². The van der Waals surface area contributed by atoms with E-state index < -0.39 is 15.9 Å². The van der Waals surface area contributed by atoms with Gasteiger partial charge < -0.3 is 4.74 Å². The van der Waals surface area contributed by atoms with Crippen LogP contribution in [0.15, 0.2) is 47.6 Å². The SMILES string of the molecule is CCOC(=O)[C@@H]1CCCN(S(=O)(=O)c2ccc(-n3cccn3)cc2)C1. The standard InChI is InChI=1S/C17H21N3O4S/c1-2-24-17(21)14-5-3-11-19(13-14)25(22,23)16-8-6-15(7-9-16)20-12-4-10-18-20/h4,6-10,12,14H,2-3,5,11,13H2,1H3/t14-/m1/s1. The molecule has 1 fully saturated rings. The molecular weight excluding hydrogens is 342 g/mol. The van der Waals surface area contributed by atoms with Gasteiger partial charge in [-0.25, -0.2) is 13.1 Å². The molecule has 1 saturated heterocycles. The number of aromatic nitrogens is 2. The highest BCUT2D eigenvalue weighted by molar-refractivity contribution is 7.89. The zero-order valence-corrected chi connectivity index (χ0v) is 14.9. The van der Waals surface area contributed by atoms with Gasteiger partial charge in [-0.3, -0.25) is 4.79 Å². The number of esters is 1. The number of carbonyl (C=O) groups is 1. The molecule has 134 valence electrons. The maximum Gasteiger partial charge on any atom is 0.310 e. The van der Waals surface area contributed by atoms with Crippen LogP contribution in [-0.4, -0.2) is 48.2 Å². The Hall–Kier alpha value is -2.19. The van der Waals surface area contributed by atoms with E-state index in [-0.39, 0.29) is 17.4 Å². The molecule has 25 heavy (non-hydrogen) atoms. The highest BCUT2D eigenvalue weighted by Gasteiger charge is 2.33. The number of hydrogen-bond acceptors (Lipinski definition) is 5. The Morgan fingerprint density at radius 3 is 2.72 bits per heavy atom. The van der Waals surface area contributed by atoms with Gasteiger partial charge in [-0.15, -0.1) is 0 Å². The molecule has 3 rings (SSSR count). The fraction of sp³-hybridized carbons (Fsp3) is 0.412. The van der Waals surface area contributed by atoms with E-state index >= 15 is 0 Å². The molecule has 2 heterocycles. The normalized spacial score (nSPS) is 18.8. The van der Waals surface area contributed by atoms with Crippen LogP contribution in [0.4, 0.5) is 0 Å². The first-order chi connectivity index (χ1) is 12.0. The average molecular weight is 363 g/mol. The van der Waals surface area contributed by atoms with Gasteiger partial charge in [0, 0.05) is 25.5 Å². The summed E-state index contributed by atoms with van der Waals surface area (Å²) >= 11 is 0. The van der Waals surface area contributed by atoms with E-state index in [2.05, 4.69) is 5.10 Å². The third-order valence-corrected chi connectivity index (χ3v) is 6.13. The summed E-state index contributed by atoms with van der Waals surface area (Å²) in [4.78, 5) is 12.1. The van der Waals surface area contributed by atoms with Crippen LogP contribution in [-0.2, 0) is 19.6 Å². The quantitative estimate of drug-likeness (QED) is 0.757. The highest BCUT2D eigenvalue weighted by atomic mass is 32.2. The van der Waals surface area contributed by atoms with Gasteiger partial charge in [0.05, 0.1) is 23.1 Å². The first-order valence-electron chi connectivity index (χ1n) is 8.29. The smallest absolute Gasteiger partial charge is 0.310 e. The molecule has 7 nitrogen and oxygen atoms in total. The van der Waals surface area contributed by atoms with Crippen molar-refractivity contribution in [2.75, 3.05) is 19.7 Å². The van der Waals surface area contributed by atoms with Crippen molar-refractivity contribution in [3.8, 4) is 5.69 Å². The molecule has 0 amide bonds. The van der Waals surface area contributed by atoms with Crippen LogP contribution in [0.1, 0.15) is 19.8 Å². The Labute approximate surface area is 147 Å². The van der Waals surface area contributed by atoms with Gasteiger partial charge in [-0.2, -0.15) is 9.40 Å². The summed E-state index contributed by atoms with van der Waals surface area (Å²) in [6.07, 6.45) is 4.75. The third-order valence-electron chi connectivity index (χ3n) is 4.25. The lowest BCUT2D eigenvalue weighted by Crippen LogP contribution is -2.42. The molecule has 0 spiro atoms. The van der Waals surface area contributed by atoms with Gasteiger partial charge in [0.25, 0.3) is 0 Å². The molecule has 1 atom stereocenters. The fourth-order valence-electron chi connectivity index (χ4n) is 2.95. The molecule has 0 radical (unpaired) electrons. The minimum atomic E-state index is -3.63.